The van der Waals surface area contributed by atoms with Crippen LogP contribution in [0.4, 0.5) is 4.79 Å². The van der Waals surface area contributed by atoms with Crippen molar-refractivity contribution in [2.75, 3.05) is 19.6 Å². The average Bonchev–Trinajstić information content (AvgIpc) is 2.76. The van der Waals surface area contributed by atoms with E-state index in [0.717, 1.165) is 4.90 Å². The van der Waals surface area contributed by atoms with Crippen molar-refractivity contribution in [3.8, 4) is 0 Å². The predicted octanol–water partition coefficient (Wildman–Crippen LogP) is -2.03. The Hall–Kier alpha value is -1.80. The van der Waals surface area contributed by atoms with E-state index >= 15 is 0 Å². The molecule has 3 rings (SSSR count). The van der Waals surface area contributed by atoms with Gasteiger partial charge in [-0.3, -0.25) is 19.0 Å². The molecular formula is C12H18N4O8S. The van der Waals surface area contributed by atoms with Crippen LogP contribution in [0.15, 0.2) is 0 Å². The number of ketones is 1. The molecule has 0 spiro atoms. The lowest BCUT2D eigenvalue weighted by molar-refractivity contribution is -0.147. The van der Waals surface area contributed by atoms with Crippen LogP contribution in [0.5, 0.6) is 0 Å². The molecule has 13 heteroatoms. The van der Waals surface area contributed by atoms with Gasteiger partial charge in [-0.05, 0) is 12.8 Å². The lowest BCUT2D eigenvalue weighted by atomic mass is 10.0. The summed E-state index contributed by atoms with van der Waals surface area (Å²) in [6, 6.07) is -2.25. The Morgan fingerprint density at radius 3 is 2.76 bits per heavy atom. The molecule has 25 heavy (non-hydrogen) atoms. The molecule has 140 valence electrons. The highest BCUT2D eigenvalue weighted by Gasteiger charge is 2.49. The van der Waals surface area contributed by atoms with E-state index in [0.29, 0.717) is 18.0 Å². The number of carbonyl (C=O) groups excluding carboxylic acids is 3. The number of hydroxylamine groups is 3. The summed E-state index contributed by atoms with van der Waals surface area (Å²) in [6.07, 6.45) is 0.284. The molecule has 3 N–H and O–H groups in total. The topological polar surface area (TPSA) is 155 Å². The maximum absolute atomic E-state index is 12.3. The van der Waals surface area contributed by atoms with E-state index in [2.05, 4.69) is 15.1 Å². The first kappa shape index (κ1) is 18.0. The van der Waals surface area contributed by atoms with Crippen molar-refractivity contribution in [1.82, 2.24) is 20.8 Å². The first-order valence-electron chi connectivity index (χ1n) is 7.69. The van der Waals surface area contributed by atoms with Crippen LogP contribution in [-0.4, -0.2) is 78.5 Å². The molecule has 0 aromatic carbocycles. The second-order valence-electron chi connectivity index (χ2n) is 6.09. The number of carbonyl (C=O) groups is 3. The first-order valence-corrected chi connectivity index (χ1v) is 9.06. The summed E-state index contributed by atoms with van der Waals surface area (Å²) in [7, 11) is -4.83. The minimum Gasteiger partial charge on any atom is -0.309 e. The molecule has 12 nitrogen and oxygen atoms in total. The van der Waals surface area contributed by atoms with Gasteiger partial charge in [0.25, 0.3) is 5.91 Å². The van der Waals surface area contributed by atoms with Gasteiger partial charge in [0, 0.05) is 19.5 Å². The number of piperidine rings is 2. The predicted molar refractivity (Wildman–Crippen MR) is 78.9 cm³/mol. The Morgan fingerprint density at radius 1 is 1.32 bits per heavy atom. The average molecular weight is 378 g/mol. The molecule has 2 unspecified atom stereocenters. The molecule has 3 amide bonds. The summed E-state index contributed by atoms with van der Waals surface area (Å²) < 4.78 is 34.7. The standard InChI is InChI=1S/C12H18N4O8S/c17-8-3-9(5-13-4-8)23-14-11(18)10-2-1-7-6-15(10)12(19)16(7)24-25(20,21)22/h7,9-10,13H,1-6H2,(H,14,18)(H,20,21,22)/t7?,9?,10-/m0/s1. The van der Waals surface area contributed by atoms with Crippen molar-refractivity contribution >= 4 is 28.1 Å². The summed E-state index contributed by atoms with van der Waals surface area (Å²) >= 11 is 0. The Morgan fingerprint density at radius 2 is 2.08 bits per heavy atom. The number of urea groups is 1. The Balaban J connectivity index is 1.57. The number of nitrogens with zero attached hydrogens (tertiary/aromatic N) is 2. The maximum atomic E-state index is 12.3. The minimum absolute atomic E-state index is 0.0290. The van der Waals surface area contributed by atoms with Gasteiger partial charge < -0.3 is 10.2 Å². The molecule has 0 saturated carbocycles. The summed E-state index contributed by atoms with van der Waals surface area (Å²) in [5.41, 5.74) is 2.26. The Bertz CT molecular complexity index is 683. The van der Waals surface area contributed by atoms with Crippen LogP contribution >= 0.6 is 0 Å². The fourth-order valence-corrected chi connectivity index (χ4v) is 3.56. The van der Waals surface area contributed by atoms with Crippen LogP contribution in [-0.2, 0) is 29.1 Å². The molecule has 0 aliphatic carbocycles. The van der Waals surface area contributed by atoms with E-state index in [9.17, 15) is 22.8 Å². The van der Waals surface area contributed by atoms with Crippen molar-refractivity contribution in [2.45, 2.75) is 37.5 Å². The Labute approximate surface area is 143 Å². The van der Waals surface area contributed by atoms with E-state index in [-0.39, 0.29) is 31.7 Å². The first-order chi connectivity index (χ1) is 11.7. The zero-order valence-electron chi connectivity index (χ0n) is 13.1. The second kappa shape index (κ2) is 6.84. The van der Waals surface area contributed by atoms with Gasteiger partial charge >= 0.3 is 16.4 Å². The third-order valence-corrected chi connectivity index (χ3v) is 4.62. The molecule has 3 aliphatic heterocycles. The smallest absolute Gasteiger partial charge is 0.309 e. The summed E-state index contributed by atoms with van der Waals surface area (Å²) in [5.74, 6) is -0.600. The highest BCUT2D eigenvalue weighted by Crippen LogP contribution is 2.30. The molecule has 0 aromatic rings. The van der Waals surface area contributed by atoms with Crippen LogP contribution in [0.25, 0.3) is 0 Å². The number of amides is 3. The van der Waals surface area contributed by atoms with Crippen molar-refractivity contribution in [3.63, 3.8) is 0 Å². The second-order valence-corrected chi connectivity index (χ2v) is 7.09. The summed E-state index contributed by atoms with van der Waals surface area (Å²) in [5, 5.41) is 3.42. The maximum Gasteiger partial charge on any atom is 0.418 e. The number of hydrogen-bond donors (Lipinski definition) is 3. The molecule has 0 radical (unpaired) electrons. The SMILES string of the molecule is O=C1CNCC(ONC(=O)[C@@H]2CCC3CN2C(=O)N3OS(=O)(=O)O)C1. The van der Waals surface area contributed by atoms with Gasteiger partial charge in [-0.25, -0.2) is 10.3 Å². The number of fused-ring (bicyclic) bond motifs is 2. The van der Waals surface area contributed by atoms with E-state index in [4.69, 9.17) is 9.39 Å². The van der Waals surface area contributed by atoms with E-state index < -0.39 is 40.5 Å². The van der Waals surface area contributed by atoms with Crippen molar-refractivity contribution in [2.24, 2.45) is 0 Å². The van der Waals surface area contributed by atoms with Gasteiger partial charge in [0.15, 0.2) is 0 Å². The number of rotatable bonds is 5. The van der Waals surface area contributed by atoms with Crippen LogP contribution < -0.4 is 10.8 Å². The number of hydrogen-bond acceptors (Lipinski definition) is 8. The van der Waals surface area contributed by atoms with Gasteiger partial charge in [0.05, 0.1) is 12.6 Å². The van der Waals surface area contributed by atoms with Gasteiger partial charge in [-0.15, -0.1) is 4.28 Å². The zero-order valence-corrected chi connectivity index (χ0v) is 13.9. The lowest BCUT2D eigenvalue weighted by Gasteiger charge is -2.30. The molecule has 3 heterocycles. The molecule has 2 bridgehead atoms. The fourth-order valence-electron chi connectivity index (χ4n) is 3.17. The van der Waals surface area contributed by atoms with Crippen LogP contribution in [0.2, 0.25) is 0 Å². The van der Waals surface area contributed by atoms with Gasteiger partial charge in [-0.2, -0.15) is 13.5 Å². The quantitative estimate of drug-likeness (QED) is 0.363. The normalized spacial score (nSPS) is 29.9. The molecule has 3 aliphatic rings. The third kappa shape index (κ3) is 4.07. The van der Waals surface area contributed by atoms with Crippen LogP contribution in [0, 0.1) is 0 Å². The van der Waals surface area contributed by atoms with Crippen LogP contribution in [0.1, 0.15) is 19.3 Å². The largest absolute Gasteiger partial charge is 0.418 e. The Kier molecular flexibility index (Phi) is 4.92. The highest BCUT2D eigenvalue weighted by atomic mass is 32.3. The number of Topliss-reactive ketones (excluding diaryl/α,β-unsaturated/α-hetero) is 1. The summed E-state index contributed by atoms with van der Waals surface area (Å²) in [4.78, 5) is 42.2. The van der Waals surface area contributed by atoms with E-state index in [1.165, 1.54) is 0 Å². The molecular weight excluding hydrogens is 360 g/mol. The monoisotopic (exact) mass is 378 g/mol. The van der Waals surface area contributed by atoms with Crippen molar-refractivity contribution in [1.29, 1.82) is 0 Å². The fraction of sp³-hybridized carbons (Fsp3) is 0.750. The molecule has 3 atom stereocenters. The number of nitrogens with one attached hydrogen (secondary N) is 2. The van der Waals surface area contributed by atoms with Gasteiger partial charge in [0.1, 0.15) is 17.9 Å². The zero-order chi connectivity index (χ0) is 18.2. The molecule has 3 saturated heterocycles. The molecule has 0 aromatic heterocycles. The molecule has 3 fully saturated rings. The van der Waals surface area contributed by atoms with Crippen LogP contribution in [0.3, 0.4) is 0 Å². The highest BCUT2D eigenvalue weighted by molar-refractivity contribution is 7.80. The van der Waals surface area contributed by atoms with E-state index in [1.807, 2.05) is 0 Å². The van der Waals surface area contributed by atoms with Gasteiger partial charge in [-0.1, -0.05) is 0 Å². The van der Waals surface area contributed by atoms with Crippen molar-refractivity contribution < 1.29 is 36.5 Å². The van der Waals surface area contributed by atoms with E-state index in [1.54, 1.807) is 0 Å². The van der Waals surface area contributed by atoms with Gasteiger partial charge in [0.2, 0.25) is 0 Å². The lowest BCUT2D eigenvalue weighted by Crippen LogP contribution is -2.51. The summed E-state index contributed by atoms with van der Waals surface area (Å²) in [6.45, 7) is 0.775. The van der Waals surface area contributed by atoms with Crippen molar-refractivity contribution in [3.05, 3.63) is 0 Å². The third-order valence-electron chi connectivity index (χ3n) is 4.28. The minimum atomic E-state index is -4.83.